The van der Waals surface area contributed by atoms with Crippen LogP contribution >= 0.6 is 11.6 Å². The van der Waals surface area contributed by atoms with Gasteiger partial charge in [0.05, 0.1) is 7.11 Å². The number of hydrogen-bond donors (Lipinski definition) is 1. The van der Waals surface area contributed by atoms with Crippen LogP contribution in [0, 0.1) is 0 Å². The molecule has 1 N–H and O–H groups in total. The van der Waals surface area contributed by atoms with E-state index in [0.717, 1.165) is 18.4 Å². The van der Waals surface area contributed by atoms with E-state index in [0.29, 0.717) is 35.1 Å². The zero-order chi connectivity index (χ0) is 22.2. The predicted octanol–water partition coefficient (Wildman–Crippen LogP) is 3.53. The number of methoxy groups -OCH3 is 1. The van der Waals surface area contributed by atoms with Crippen molar-refractivity contribution in [1.29, 1.82) is 0 Å². The summed E-state index contributed by atoms with van der Waals surface area (Å²) < 4.78 is 11.1. The number of ether oxygens (including phenoxy) is 2. The zero-order valence-electron chi connectivity index (χ0n) is 17.5. The Morgan fingerprint density at radius 1 is 1.26 bits per heavy atom. The highest BCUT2D eigenvalue weighted by molar-refractivity contribution is 6.29. The van der Waals surface area contributed by atoms with Gasteiger partial charge in [0.1, 0.15) is 12.6 Å². The van der Waals surface area contributed by atoms with Crippen LogP contribution in [-0.2, 0) is 11.3 Å². The molecule has 0 aliphatic carbocycles. The SMILES string of the molecule is C=C(Cl)COc1cc(CN(C(=O)c2ccncc2)[C@H]2CCCCNC2=O)ccc1OC. The van der Waals surface area contributed by atoms with Gasteiger partial charge in [-0.3, -0.25) is 14.6 Å². The Labute approximate surface area is 187 Å². The van der Waals surface area contributed by atoms with Crippen molar-refractivity contribution in [2.75, 3.05) is 20.3 Å². The Kier molecular flexibility index (Phi) is 7.89. The fourth-order valence-electron chi connectivity index (χ4n) is 3.49. The van der Waals surface area contributed by atoms with Gasteiger partial charge in [-0.05, 0) is 49.1 Å². The van der Waals surface area contributed by atoms with Crippen molar-refractivity contribution in [2.45, 2.75) is 31.8 Å². The van der Waals surface area contributed by atoms with Gasteiger partial charge in [0.2, 0.25) is 5.91 Å². The topological polar surface area (TPSA) is 80.8 Å². The van der Waals surface area contributed by atoms with Crippen molar-refractivity contribution in [3.05, 3.63) is 65.5 Å². The first-order valence-electron chi connectivity index (χ1n) is 10.1. The summed E-state index contributed by atoms with van der Waals surface area (Å²) in [5.74, 6) is 0.671. The molecule has 2 heterocycles. The molecule has 3 rings (SSSR count). The van der Waals surface area contributed by atoms with Crippen LogP contribution in [0.4, 0.5) is 0 Å². The summed E-state index contributed by atoms with van der Waals surface area (Å²) in [5.41, 5.74) is 1.28. The fraction of sp³-hybridized carbons (Fsp3) is 0.348. The summed E-state index contributed by atoms with van der Waals surface area (Å²) in [7, 11) is 1.55. The van der Waals surface area contributed by atoms with E-state index < -0.39 is 6.04 Å². The molecular weight excluding hydrogens is 418 g/mol. The number of carbonyl (C=O) groups excluding carboxylic acids is 2. The van der Waals surface area contributed by atoms with Crippen molar-refractivity contribution in [1.82, 2.24) is 15.2 Å². The second kappa shape index (κ2) is 10.8. The molecule has 7 nitrogen and oxygen atoms in total. The molecule has 0 bridgehead atoms. The minimum Gasteiger partial charge on any atom is -0.493 e. The van der Waals surface area contributed by atoms with Gasteiger partial charge in [-0.1, -0.05) is 24.2 Å². The molecule has 1 aromatic heterocycles. The molecule has 2 aromatic rings. The third kappa shape index (κ3) is 5.98. The summed E-state index contributed by atoms with van der Waals surface area (Å²) >= 11 is 5.83. The summed E-state index contributed by atoms with van der Waals surface area (Å²) in [6, 6.07) is 8.15. The molecule has 1 fully saturated rings. The van der Waals surface area contributed by atoms with Crippen molar-refractivity contribution in [3.63, 3.8) is 0 Å². The molecule has 8 heteroatoms. The molecule has 2 amide bonds. The van der Waals surface area contributed by atoms with Crippen LogP contribution in [0.15, 0.2) is 54.3 Å². The fourth-order valence-corrected chi connectivity index (χ4v) is 3.54. The molecule has 0 unspecified atom stereocenters. The molecule has 1 aromatic carbocycles. The van der Waals surface area contributed by atoms with Crippen molar-refractivity contribution in [2.24, 2.45) is 0 Å². The molecule has 1 aliphatic heterocycles. The first-order valence-corrected chi connectivity index (χ1v) is 10.5. The minimum absolute atomic E-state index is 0.131. The van der Waals surface area contributed by atoms with Crippen molar-refractivity contribution >= 4 is 23.4 Å². The van der Waals surface area contributed by atoms with Gasteiger partial charge in [-0.15, -0.1) is 0 Å². The van der Waals surface area contributed by atoms with Gasteiger partial charge in [0.25, 0.3) is 5.91 Å². The Bertz CT molecular complexity index is 936. The van der Waals surface area contributed by atoms with Crippen molar-refractivity contribution < 1.29 is 19.1 Å². The van der Waals surface area contributed by atoms with E-state index in [1.165, 1.54) is 0 Å². The number of nitrogens with one attached hydrogen (secondary N) is 1. The van der Waals surface area contributed by atoms with E-state index in [2.05, 4.69) is 16.9 Å². The third-order valence-corrected chi connectivity index (χ3v) is 5.14. The lowest BCUT2D eigenvalue weighted by Crippen LogP contribution is -2.48. The highest BCUT2D eigenvalue weighted by Crippen LogP contribution is 2.30. The van der Waals surface area contributed by atoms with Crippen molar-refractivity contribution in [3.8, 4) is 11.5 Å². The quantitative estimate of drug-likeness (QED) is 0.675. The first-order chi connectivity index (χ1) is 15.0. The molecule has 1 atom stereocenters. The minimum atomic E-state index is -0.558. The number of rotatable bonds is 8. The Morgan fingerprint density at radius 2 is 2.03 bits per heavy atom. The highest BCUT2D eigenvalue weighted by Gasteiger charge is 2.31. The summed E-state index contributed by atoms with van der Waals surface area (Å²) in [5, 5.41) is 3.27. The highest BCUT2D eigenvalue weighted by atomic mass is 35.5. The van der Waals surface area contributed by atoms with Crippen LogP contribution in [0.1, 0.15) is 35.2 Å². The van der Waals surface area contributed by atoms with Gasteiger partial charge in [-0.25, -0.2) is 0 Å². The van der Waals surface area contributed by atoms with Gasteiger partial charge in [-0.2, -0.15) is 0 Å². The van der Waals surface area contributed by atoms with E-state index in [-0.39, 0.29) is 25.0 Å². The number of pyridine rings is 1. The number of nitrogens with zero attached hydrogens (tertiary/aromatic N) is 2. The lowest BCUT2D eigenvalue weighted by atomic mass is 10.1. The van der Waals surface area contributed by atoms with Crippen LogP contribution < -0.4 is 14.8 Å². The number of hydrogen-bond acceptors (Lipinski definition) is 5. The largest absolute Gasteiger partial charge is 0.493 e. The van der Waals surface area contributed by atoms with Gasteiger partial charge in [0.15, 0.2) is 11.5 Å². The third-order valence-electron chi connectivity index (χ3n) is 5.04. The standard InChI is InChI=1S/C23H26ClN3O4/c1-16(24)15-31-21-13-17(6-7-20(21)30-2)14-27(19-5-3-4-10-26-22(19)28)23(29)18-8-11-25-12-9-18/h6-9,11-13,19H,1,3-5,10,14-15H2,2H3,(H,26,28)/t19-/m0/s1. The van der Waals surface area contributed by atoms with Crippen LogP contribution in [0.3, 0.4) is 0 Å². The first kappa shape index (κ1) is 22.6. The maximum absolute atomic E-state index is 13.4. The number of carbonyl (C=O) groups is 2. The number of amides is 2. The predicted molar refractivity (Wildman–Crippen MR) is 118 cm³/mol. The molecule has 1 saturated heterocycles. The second-order valence-electron chi connectivity index (χ2n) is 7.26. The van der Waals surface area contributed by atoms with Crippen LogP contribution in [0.25, 0.3) is 0 Å². The average molecular weight is 444 g/mol. The molecule has 0 saturated carbocycles. The normalized spacial score (nSPS) is 16.1. The molecule has 0 spiro atoms. The lowest BCUT2D eigenvalue weighted by Gasteiger charge is -2.30. The number of halogens is 1. The lowest BCUT2D eigenvalue weighted by molar-refractivity contribution is -0.125. The molecule has 0 radical (unpaired) electrons. The number of benzene rings is 1. The van der Waals surface area contributed by atoms with E-state index in [1.54, 1.807) is 48.7 Å². The van der Waals surface area contributed by atoms with Gasteiger partial charge in [0, 0.05) is 36.1 Å². The maximum atomic E-state index is 13.4. The summed E-state index contributed by atoms with van der Waals surface area (Å²) in [4.78, 5) is 31.7. The van der Waals surface area contributed by atoms with E-state index >= 15 is 0 Å². The average Bonchev–Trinajstić information content (AvgIpc) is 3.00. The molecule has 1 aliphatic rings. The number of aromatic nitrogens is 1. The zero-order valence-corrected chi connectivity index (χ0v) is 18.2. The van der Waals surface area contributed by atoms with Crippen LogP contribution in [0.5, 0.6) is 11.5 Å². The second-order valence-corrected chi connectivity index (χ2v) is 7.80. The maximum Gasteiger partial charge on any atom is 0.254 e. The monoisotopic (exact) mass is 443 g/mol. The summed E-state index contributed by atoms with van der Waals surface area (Å²) in [6.45, 7) is 4.62. The summed E-state index contributed by atoms with van der Waals surface area (Å²) in [6.07, 6.45) is 5.49. The Hall–Kier alpha value is -3.06. The molecule has 31 heavy (non-hydrogen) atoms. The van der Waals surface area contributed by atoms with Gasteiger partial charge >= 0.3 is 0 Å². The Morgan fingerprint density at radius 3 is 2.74 bits per heavy atom. The van der Waals surface area contributed by atoms with Gasteiger partial charge < -0.3 is 19.7 Å². The molecular formula is C23H26ClN3O4. The Balaban J connectivity index is 1.92. The van der Waals surface area contributed by atoms with Crippen LogP contribution in [-0.4, -0.2) is 48.0 Å². The molecule has 164 valence electrons. The smallest absolute Gasteiger partial charge is 0.254 e. The van der Waals surface area contributed by atoms with E-state index in [1.807, 2.05) is 6.07 Å². The van der Waals surface area contributed by atoms with Crippen LogP contribution in [0.2, 0.25) is 0 Å². The van der Waals surface area contributed by atoms with E-state index in [4.69, 9.17) is 21.1 Å². The van der Waals surface area contributed by atoms with E-state index in [9.17, 15) is 9.59 Å².